The number of H-pyrrole nitrogens is 2. The number of halogens is 6. The molecule has 4 aromatic rings. The summed E-state index contributed by atoms with van der Waals surface area (Å²) in [6.45, 7) is 3.88. The molecule has 4 rings (SSSR count). The topological polar surface area (TPSA) is 57.4 Å². The number of fused-ring (bicyclic) bond motifs is 2. The van der Waals surface area contributed by atoms with E-state index in [2.05, 4.69) is 19.9 Å². The summed E-state index contributed by atoms with van der Waals surface area (Å²) in [7, 11) is 0. The molecule has 0 aliphatic rings. The first kappa shape index (κ1) is 23.2. The maximum Gasteiger partial charge on any atom is 0.201 e. The number of benzene rings is 2. The molecule has 0 fully saturated rings. The van der Waals surface area contributed by atoms with Gasteiger partial charge in [-0.2, -0.15) is 0 Å². The molecule has 0 saturated carbocycles. The van der Waals surface area contributed by atoms with E-state index in [1.165, 1.54) is 0 Å². The second kappa shape index (κ2) is 9.36. The molecule has 0 unspecified atom stereocenters. The van der Waals surface area contributed by atoms with Crippen LogP contribution in [0.25, 0.3) is 22.1 Å². The van der Waals surface area contributed by atoms with Gasteiger partial charge in [0.15, 0.2) is 0 Å². The molecular formula is C16H14Cl6N4. The van der Waals surface area contributed by atoms with Crippen LogP contribution in [0.2, 0.25) is 20.6 Å². The summed E-state index contributed by atoms with van der Waals surface area (Å²) < 4.78 is 0. The molecule has 4 nitrogen and oxygen atoms in total. The summed E-state index contributed by atoms with van der Waals surface area (Å²) >= 11 is 23.2. The molecule has 140 valence electrons. The molecule has 0 atom stereocenters. The second-order valence-electron chi connectivity index (χ2n) is 5.29. The number of aromatic amines is 2. The highest BCUT2D eigenvalue weighted by Crippen LogP contribution is 2.23. The predicted octanol–water partition coefficient (Wildman–Crippen LogP) is 7.20. The SMILES string of the molecule is Cc1cc2[nH]c(Cl)nc2cc1Cl.Cc1cc2[nH]c(Cl)nc2cc1Cl.Cl.Cl. The van der Waals surface area contributed by atoms with Crippen molar-refractivity contribution in [3.05, 3.63) is 56.0 Å². The second-order valence-corrected chi connectivity index (χ2v) is 6.82. The minimum Gasteiger partial charge on any atom is -0.329 e. The van der Waals surface area contributed by atoms with Crippen LogP contribution >= 0.6 is 71.2 Å². The summed E-state index contributed by atoms with van der Waals surface area (Å²) in [6.07, 6.45) is 0. The maximum absolute atomic E-state index is 5.90. The minimum absolute atomic E-state index is 0. The van der Waals surface area contributed by atoms with Crippen LogP contribution in [-0.2, 0) is 0 Å². The number of hydrogen-bond acceptors (Lipinski definition) is 2. The smallest absolute Gasteiger partial charge is 0.201 e. The van der Waals surface area contributed by atoms with E-state index in [1.807, 2.05) is 26.0 Å². The molecule has 0 bridgehead atoms. The standard InChI is InChI=1S/2C8H6Cl2N2.2ClH/c2*1-4-2-6-7(3-5(4)9)12-8(10)11-6;;/h2*2-3H,1H3,(H,11,12);2*1H. The summed E-state index contributed by atoms with van der Waals surface area (Å²) in [6, 6.07) is 7.45. The molecule has 2 aromatic heterocycles. The van der Waals surface area contributed by atoms with Crippen molar-refractivity contribution in [2.24, 2.45) is 0 Å². The first-order valence-corrected chi connectivity index (χ1v) is 8.47. The largest absolute Gasteiger partial charge is 0.329 e. The van der Waals surface area contributed by atoms with Gasteiger partial charge in [-0.25, -0.2) is 9.97 Å². The van der Waals surface area contributed by atoms with Gasteiger partial charge in [-0.1, -0.05) is 23.2 Å². The lowest BCUT2D eigenvalue weighted by atomic mass is 10.2. The van der Waals surface area contributed by atoms with E-state index in [1.54, 1.807) is 12.1 Å². The molecule has 0 aliphatic carbocycles. The fourth-order valence-electron chi connectivity index (χ4n) is 2.22. The van der Waals surface area contributed by atoms with Crippen LogP contribution in [0, 0.1) is 13.8 Å². The van der Waals surface area contributed by atoms with Crippen molar-refractivity contribution in [1.29, 1.82) is 0 Å². The fourth-order valence-corrected chi connectivity index (χ4v) is 2.92. The number of aryl methyl sites for hydroxylation is 2. The first-order valence-electron chi connectivity index (χ1n) is 6.96. The lowest BCUT2D eigenvalue weighted by Gasteiger charge is -1.95. The van der Waals surface area contributed by atoms with Gasteiger partial charge in [-0.15, -0.1) is 24.8 Å². The molecule has 0 aliphatic heterocycles. The molecule has 2 N–H and O–H groups in total. The normalized spacial score (nSPS) is 10.1. The first-order chi connectivity index (χ1) is 11.3. The fraction of sp³-hybridized carbons (Fsp3) is 0.125. The van der Waals surface area contributed by atoms with Crippen molar-refractivity contribution in [2.75, 3.05) is 0 Å². The predicted molar refractivity (Wildman–Crippen MR) is 116 cm³/mol. The maximum atomic E-state index is 5.90. The Morgan fingerprint density at radius 2 is 1.00 bits per heavy atom. The van der Waals surface area contributed by atoms with Crippen molar-refractivity contribution >= 4 is 93.3 Å². The average molecular weight is 475 g/mol. The highest BCUT2D eigenvalue weighted by Gasteiger charge is 2.04. The Labute approximate surface area is 182 Å². The summed E-state index contributed by atoms with van der Waals surface area (Å²) in [5.74, 6) is 0. The van der Waals surface area contributed by atoms with E-state index >= 15 is 0 Å². The summed E-state index contributed by atoms with van der Waals surface area (Å²) in [5, 5.41) is 2.22. The zero-order valence-corrected chi connectivity index (χ0v) is 18.2. The van der Waals surface area contributed by atoms with Crippen LogP contribution < -0.4 is 0 Å². The zero-order chi connectivity index (χ0) is 17.4. The quantitative estimate of drug-likeness (QED) is 0.283. The van der Waals surface area contributed by atoms with E-state index in [0.717, 1.165) is 33.2 Å². The van der Waals surface area contributed by atoms with Gasteiger partial charge in [-0.05, 0) is 72.4 Å². The van der Waals surface area contributed by atoms with Crippen LogP contribution in [0.1, 0.15) is 11.1 Å². The minimum atomic E-state index is 0. The van der Waals surface area contributed by atoms with Gasteiger partial charge in [0.2, 0.25) is 10.6 Å². The van der Waals surface area contributed by atoms with E-state index in [0.29, 0.717) is 20.6 Å². The van der Waals surface area contributed by atoms with Gasteiger partial charge in [0.05, 0.1) is 22.1 Å². The van der Waals surface area contributed by atoms with Crippen LogP contribution in [0.3, 0.4) is 0 Å². The van der Waals surface area contributed by atoms with E-state index in [9.17, 15) is 0 Å². The number of rotatable bonds is 0. The summed E-state index contributed by atoms with van der Waals surface area (Å²) in [5.41, 5.74) is 5.48. The average Bonchev–Trinajstić information content (AvgIpc) is 3.01. The number of imidazole rings is 2. The molecule has 2 heterocycles. The molecule has 0 amide bonds. The van der Waals surface area contributed by atoms with Crippen molar-refractivity contribution in [3.63, 3.8) is 0 Å². The number of nitrogens with one attached hydrogen (secondary N) is 2. The van der Waals surface area contributed by atoms with Crippen molar-refractivity contribution in [2.45, 2.75) is 13.8 Å². The van der Waals surface area contributed by atoms with Gasteiger partial charge in [0, 0.05) is 10.0 Å². The Bertz CT molecular complexity index is 878. The van der Waals surface area contributed by atoms with Crippen molar-refractivity contribution in [3.8, 4) is 0 Å². The molecule has 0 radical (unpaired) electrons. The number of aromatic nitrogens is 4. The third-order valence-corrected chi connectivity index (χ3v) is 4.64. The highest BCUT2D eigenvalue weighted by molar-refractivity contribution is 6.33. The molecular weight excluding hydrogens is 461 g/mol. The van der Waals surface area contributed by atoms with E-state index in [-0.39, 0.29) is 24.8 Å². The Hall–Kier alpha value is -0.880. The van der Waals surface area contributed by atoms with Gasteiger partial charge < -0.3 is 9.97 Å². The van der Waals surface area contributed by atoms with Crippen LogP contribution in [-0.4, -0.2) is 19.9 Å². The zero-order valence-electron chi connectivity index (χ0n) is 13.5. The Balaban J connectivity index is 0.000000241. The number of nitrogens with zero attached hydrogens (tertiary/aromatic N) is 2. The van der Waals surface area contributed by atoms with Crippen LogP contribution in [0.15, 0.2) is 24.3 Å². The van der Waals surface area contributed by atoms with Crippen molar-refractivity contribution in [1.82, 2.24) is 19.9 Å². The van der Waals surface area contributed by atoms with E-state index < -0.39 is 0 Å². The Morgan fingerprint density at radius 1 is 0.654 bits per heavy atom. The van der Waals surface area contributed by atoms with E-state index in [4.69, 9.17) is 46.4 Å². The van der Waals surface area contributed by atoms with Gasteiger partial charge in [0.1, 0.15) is 0 Å². The molecule has 10 heteroatoms. The molecule has 0 spiro atoms. The summed E-state index contributed by atoms with van der Waals surface area (Å²) in [4.78, 5) is 13.9. The lowest BCUT2D eigenvalue weighted by Crippen LogP contribution is -1.75. The van der Waals surface area contributed by atoms with Crippen LogP contribution in [0.4, 0.5) is 0 Å². The van der Waals surface area contributed by atoms with Gasteiger partial charge in [-0.3, -0.25) is 0 Å². The van der Waals surface area contributed by atoms with Gasteiger partial charge in [0.25, 0.3) is 0 Å². The third-order valence-electron chi connectivity index (χ3n) is 3.47. The monoisotopic (exact) mass is 472 g/mol. The third kappa shape index (κ3) is 5.10. The van der Waals surface area contributed by atoms with Crippen LogP contribution in [0.5, 0.6) is 0 Å². The molecule has 2 aromatic carbocycles. The molecule has 26 heavy (non-hydrogen) atoms. The Morgan fingerprint density at radius 3 is 1.35 bits per heavy atom. The highest BCUT2D eigenvalue weighted by atomic mass is 35.5. The Kier molecular flexibility index (Phi) is 8.33. The van der Waals surface area contributed by atoms with Gasteiger partial charge >= 0.3 is 0 Å². The number of hydrogen-bond donors (Lipinski definition) is 2. The lowest BCUT2D eigenvalue weighted by molar-refractivity contribution is 1.34. The molecule has 0 saturated heterocycles. The van der Waals surface area contributed by atoms with Crippen molar-refractivity contribution < 1.29 is 0 Å².